The smallest absolute Gasteiger partial charge is 0.161 e. The second-order valence-corrected chi connectivity index (χ2v) is 4.82. The lowest BCUT2D eigenvalue weighted by atomic mass is 9.86. The predicted octanol–water partition coefficient (Wildman–Crippen LogP) is 4.04. The first-order valence-electron chi connectivity index (χ1n) is 6.63. The molecule has 2 nitrogen and oxygen atoms in total. The van der Waals surface area contributed by atoms with Gasteiger partial charge in [0.05, 0.1) is 13.2 Å². The van der Waals surface area contributed by atoms with Crippen molar-refractivity contribution in [2.75, 3.05) is 7.11 Å². The summed E-state index contributed by atoms with van der Waals surface area (Å²) in [6.45, 7) is 2.28. The minimum Gasteiger partial charge on any atom is -0.493 e. The molecule has 0 saturated heterocycles. The largest absolute Gasteiger partial charge is 0.493 e. The topological polar surface area (TPSA) is 18.5 Å². The fraction of sp³-hybridized carbons (Fsp3) is 0.600. The van der Waals surface area contributed by atoms with E-state index in [9.17, 15) is 0 Å². The molecule has 0 radical (unpaired) electrons. The van der Waals surface area contributed by atoms with E-state index in [1.54, 1.807) is 7.11 Å². The molecule has 0 amide bonds. The average Bonchev–Trinajstić information content (AvgIpc) is 2.40. The molecule has 0 unspecified atom stereocenters. The summed E-state index contributed by atoms with van der Waals surface area (Å²) < 4.78 is 11.3. The molecule has 1 aromatic rings. The second-order valence-electron chi connectivity index (χ2n) is 4.82. The molecular formula is C15H22O2. The maximum atomic E-state index is 6.05. The highest BCUT2D eigenvalue weighted by atomic mass is 16.5. The van der Waals surface area contributed by atoms with Crippen molar-refractivity contribution in [1.29, 1.82) is 0 Å². The molecule has 0 N–H and O–H groups in total. The maximum absolute atomic E-state index is 6.05. The molecule has 17 heavy (non-hydrogen) atoms. The van der Waals surface area contributed by atoms with Crippen LogP contribution in [0.25, 0.3) is 0 Å². The van der Waals surface area contributed by atoms with E-state index in [4.69, 9.17) is 9.47 Å². The summed E-state index contributed by atoms with van der Waals surface area (Å²) in [5.74, 6) is 2.63. The summed E-state index contributed by atoms with van der Waals surface area (Å²) in [6, 6.07) is 7.91. The van der Waals surface area contributed by atoms with E-state index in [0.29, 0.717) is 6.10 Å². The van der Waals surface area contributed by atoms with E-state index < -0.39 is 0 Å². The molecule has 1 aliphatic rings. The number of benzene rings is 1. The molecule has 2 rings (SSSR count). The highest BCUT2D eigenvalue weighted by Crippen LogP contribution is 2.32. The van der Waals surface area contributed by atoms with Gasteiger partial charge >= 0.3 is 0 Å². The number of para-hydroxylation sites is 2. The number of ether oxygens (including phenoxy) is 2. The van der Waals surface area contributed by atoms with Crippen LogP contribution in [0.4, 0.5) is 0 Å². The molecule has 0 aliphatic heterocycles. The van der Waals surface area contributed by atoms with Crippen molar-refractivity contribution in [2.24, 2.45) is 5.92 Å². The Balaban J connectivity index is 1.93. The number of hydrogen-bond acceptors (Lipinski definition) is 2. The van der Waals surface area contributed by atoms with Crippen molar-refractivity contribution < 1.29 is 9.47 Å². The number of methoxy groups -OCH3 is 1. The molecule has 1 aromatic carbocycles. The van der Waals surface area contributed by atoms with Gasteiger partial charge in [-0.1, -0.05) is 25.5 Å². The van der Waals surface area contributed by atoms with Crippen LogP contribution in [0.15, 0.2) is 24.3 Å². The van der Waals surface area contributed by atoms with Gasteiger partial charge in [0.15, 0.2) is 11.5 Å². The number of rotatable bonds is 4. The van der Waals surface area contributed by atoms with Crippen LogP contribution < -0.4 is 9.47 Å². The van der Waals surface area contributed by atoms with Gasteiger partial charge in [-0.3, -0.25) is 0 Å². The fourth-order valence-corrected chi connectivity index (χ4v) is 2.55. The van der Waals surface area contributed by atoms with Gasteiger partial charge in [-0.25, -0.2) is 0 Å². The minimum atomic E-state index is 0.370. The van der Waals surface area contributed by atoms with Gasteiger partial charge in [0.2, 0.25) is 0 Å². The first-order valence-corrected chi connectivity index (χ1v) is 6.63. The van der Waals surface area contributed by atoms with E-state index >= 15 is 0 Å². The van der Waals surface area contributed by atoms with Crippen LogP contribution in [0.1, 0.15) is 39.0 Å². The lowest BCUT2D eigenvalue weighted by Crippen LogP contribution is -2.24. The molecule has 0 atom stereocenters. The van der Waals surface area contributed by atoms with E-state index in [0.717, 1.165) is 17.4 Å². The van der Waals surface area contributed by atoms with Crippen molar-refractivity contribution in [2.45, 2.75) is 45.1 Å². The van der Waals surface area contributed by atoms with E-state index in [-0.39, 0.29) is 0 Å². The quantitative estimate of drug-likeness (QED) is 0.782. The normalized spacial score (nSPS) is 24.4. The van der Waals surface area contributed by atoms with Gasteiger partial charge in [0.25, 0.3) is 0 Å². The second kappa shape index (κ2) is 5.95. The van der Waals surface area contributed by atoms with E-state index in [2.05, 4.69) is 6.92 Å². The molecule has 0 spiro atoms. The van der Waals surface area contributed by atoms with Gasteiger partial charge < -0.3 is 9.47 Å². The molecule has 0 bridgehead atoms. The Hall–Kier alpha value is -1.18. The average molecular weight is 234 g/mol. The standard InChI is InChI=1S/C15H22O2/c1-3-12-8-10-13(11-9-12)17-15-7-5-4-6-14(15)16-2/h4-7,12-13H,3,8-11H2,1-2H3. The first kappa shape index (κ1) is 12.3. The van der Waals surface area contributed by atoms with E-state index in [1.165, 1.54) is 32.1 Å². The van der Waals surface area contributed by atoms with Crippen LogP contribution in [0.5, 0.6) is 11.5 Å². The summed E-state index contributed by atoms with van der Waals surface area (Å²) in [5.41, 5.74) is 0. The molecule has 1 fully saturated rings. The van der Waals surface area contributed by atoms with Crippen molar-refractivity contribution in [3.8, 4) is 11.5 Å². The zero-order valence-electron chi connectivity index (χ0n) is 10.8. The molecule has 94 valence electrons. The SMILES string of the molecule is CCC1CCC(Oc2ccccc2OC)CC1. The molecule has 2 heteroatoms. The predicted molar refractivity (Wildman–Crippen MR) is 69.7 cm³/mol. The summed E-state index contributed by atoms with van der Waals surface area (Å²) in [7, 11) is 1.69. The zero-order chi connectivity index (χ0) is 12.1. The van der Waals surface area contributed by atoms with Crippen molar-refractivity contribution in [3.05, 3.63) is 24.3 Å². The van der Waals surface area contributed by atoms with Crippen molar-refractivity contribution in [1.82, 2.24) is 0 Å². The van der Waals surface area contributed by atoms with Crippen molar-refractivity contribution >= 4 is 0 Å². The summed E-state index contributed by atoms with van der Waals surface area (Å²) in [5, 5.41) is 0. The Labute approximate surface area is 104 Å². The Kier molecular flexibility index (Phi) is 4.29. The fourth-order valence-electron chi connectivity index (χ4n) is 2.55. The molecule has 0 heterocycles. The van der Waals surface area contributed by atoms with Gasteiger partial charge in [0.1, 0.15) is 0 Å². The Morgan fingerprint density at radius 1 is 1.06 bits per heavy atom. The third-order valence-corrected chi connectivity index (χ3v) is 3.73. The van der Waals surface area contributed by atoms with Gasteiger partial charge in [-0.05, 0) is 43.7 Å². The third kappa shape index (κ3) is 3.15. The van der Waals surface area contributed by atoms with Crippen LogP contribution in [0.3, 0.4) is 0 Å². The maximum Gasteiger partial charge on any atom is 0.161 e. The van der Waals surface area contributed by atoms with Crippen LogP contribution >= 0.6 is 0 Å². The summed E-state index contributed by atoms with van der Waals surface area (Å²) >= 11 is 0. The van der Waals surface area contributed by atoms with Gasteiger partial charge in [0, 0.05) is 0 Å². The summed E-state index contributed by atoms with van der Waals surface area (Å²) in [4.78, 5) is 0. The molecule has 1 aliphatic carbocycles. The highest BCUT2D eigenvalue weighted by Gasteiger charge is 2.21. The Bertz CT molecular complexity index is 341. The lowest BCUT2D eigenvalue weighted by Gasteiger charge is -2.28. The molecule has 1 saturated carbocycles. The third-order valence-electron chi connectivity index (χ3n) is 3.73. The minimum absolute atomic E-state index is 0.370. The van der Waals surface area contributed by atoms with Crippen molar-refractivity contribution in [3.63, 3.8) is 0 Å². The van der Waals surface area contributed by atoms with Gasteiger partial charge in [-0.15, -0.1) is 0 Å². The summed E-state index contributed by atoms with van der Waals surface area (Å²) in [6.07, 6.45) is 6.63. The highest BCUT2D eigenvalue weighted by molar-refractivity contribution is 5.39. The Morgan fingerprint density at radius 3 is 2.29 bits per heavy atom. The molecule has 0 aromatic heterocycles. The first-order chi connectivity index (χ1) is 8.33. The molecular weight excluding hydrogens is 212 g/mol. The monoisotopic (exact) mass is 234 g/mol. The Morgan fingerprint density at radius 2 is 1.71 bits per heavy atom. The lowest BCUT2D eigenvalue weighted by molar-refractivity contribution is 0.126. The number of hydrogen-bond donors (Lipinski definition) is 0. The van der Waals surface area contributed by atoms with Crippen LogP contribution in [0.2, 0.25) is 0 Å². The van der Waals surface area contributed by atoms with Crippen LogP contribution in [0, 0.1) is 5.92 Å². The van der Waals surface area contributed by atoms with Crippen LogP contribution in [-0.4, -0.2) is 13.2 Å². The zero-order valence-corrected chi connectivity index (χ0v) is 10.8. The van der Waals surface area contributed by atoms with Gasteiger partial charge in [-0.2, -0.15) is 0 Å². The van der Waals surface area contributed by atoms with Crippen LogP contribution in [-0.2, 0) is 0 Å². The van der Waals surface area contributed by atoms with E-state index in [1.807, 2.05) is 24.3 Å².